The quantitative estimate of drug-likeness (QED) is 0.594. The summed E-state index contributed by atoms with van der Waals surface area (Å²) in [6, 6.07) is 16.7. The highest BCUT2D eigenvalue weighted by atomic mass is 35.5. The molecule has 4 rings (SSSR count). The number of halogens is 2. The number of ether oxygens (including phenoxy) is 1. The first kappa shape index (κ1) is 22.4. The van der Waals surface area contributed by atoms with Gasteiger partial charge in [0, 0.05) is 34.9 Å². The summed E-state index contributed by atoms with van der Waals surface area (Å²) in [6.45, 7) is 1.19. The molecule has 1 heterocycles. The third-order valence-electron chi connectivity index (χ3n) is 5.09. The summed E-state index contributed by atoms with van der Waals surface area (Å²) in [7, 11) is -3.74. The Morgan fingerprint density at radius 3 is 2.44 bits per heavy atom. The van der Waals surface area contributed by atoms with Crippen molar-refractivity contribution >= 4 is 33.2 Å². The molecule has 6 nitrogen and oxygen atoms in total. The van der Waals surface area contributed by atoms with E-state index in [-0.39, 0.29) is 23.5 Å². The van der Waals surface area contributed by atoms with Crippen LogP contribution in [0.1, 0.15) is 10.4 Å². The summed E-state index contributed by atoms with van der Waals surface area (Å²) in [4.78, 5) is 13.0. The molecule has 0 unspecified atom stereocenters. The number of nitrogens with zero attached hydrogens (tertiary/aromatic N) is 1. The van der Waals surface area contributed by atoms with Gasteiger partial charge in [-0.25, -0.2) is 12.8 Å². The monoisotopic (exact) mass is 474 g/mol. The van der Waals surface area contributed by atoms with E-state index in [9.17, 15) is 17.6 Å². The highest BCUT2D eigenvalue weighted by Gasteiger charge is 2.27. The molecular formula is C23H20ClFN2O4S. The molecule has 32 heavy (non-hydrogen) atoms. The van der Waals surface area contributed by atoms with E-state index in [0.717, 1.165) is 0 Å². The molecule has 1 amide bonds. The highest BCUT2D eigenvalue weighted by molar-refractivity contribution is 7.89. The number of rotatable bonds is 5. The van der Waals surface area contributed by atoms with Crippen LogP contribution in [0.4, 0.5) is 10.1 Å². The fourth-order valence-corrected chi connectivity index (χ4v) is 5.00. The molecule has 0 aromatic heterocycles. The summed E-state index contributed by atoms with van der Waals surface area (Å²) < 4.78 is 46.3. The molecule has 3 aromatic rings. The maximum Gasteiger partial charge on any atom is 0.255 e. The third kappa shape index (κ3) is 4.83. The largest absolute Gasteiger partial charge is 0.379 e. The number of morpholine rings is 1. The van der Waals surface area contributed by atoms with Gasteiger partial charge in [0.05, 0.1) is 18.1 Å². The molecule has 1 saturated heterocycles. The van der Waals surface area contributed by atoms with Gasteiger partial charge >= 0.3 is 0 Å². The van der Waals surface area contributed by atoms with Gasteiger partial charge in [-0.05, 0) is 54.1 Å². The van der Waals surface area contributed by atoms with Gasteiger partial charge < -0.3 is 10.1 Å². The predicted octanol–water partition coefficient (Wildman–Crippen LogP) is 4.42. The van der Waals surface area contributed by atoms with Gasteiger partial charge in [0.1, 0.15) is 5.82 Å². The van der Waals surface area contributed by atoms with Crippen LogP contribution < -0.4 is 5.32 Å². The van der Waals surface area contributed by atoms with Crippen molar-refractivity contribution in [2.45, 2.75) is 4.90 Å². The van der Waals surface area contributed by atoms with Crippen LogP contribution in [0.3, 0.4) is 0 Å². The lowest BCUT2D eigenvalue weighted by atomic mass is 10.0. The molecule has 0 spiro atoms. The average Bonchev–Trinajstić information content (AvgIpc) is 2.81. The van der Waals surface area contributed by atoms with E-state index in [1.165, 1.54) is 46.8 Å². The Bertz CT molecular complexity index is 1240. The van der Waals surface area contributed by atoms with Crippen LogP contribution in [0.15, 0.2) is 71.6 Å². The van der Waals surface area contributed by atoms with E-state index >= 15 is 0 Å². The van der Waals surface area contributed by atoms with Crippen LogP contribution in [0.25, 0.3) is 11.1 Å². The van der Waals surface area contributed by atoms with Crippen molar-refractivity contribution in [2.75, 3.05) is 31.6 Å². The van der Waals surface area contributed by atoms with E-state index in [4.69, 9.17) is 16.3 Å². The number of nitrogens with one attached hydrogen (secondary N) is 1. The Kier molecular flexibility index (Phi) is 6.57. The summed E-state index contributed by atoms with van der Waals surface area (Å²) in [6.07, 6.45) is 0. The lowest BCUT2D eigenvalue weighted by Gasteiger charge is -2.26. The molecular weight excluding hydrogens is 455 g/mol. The SMILES string of the molecule is O=C(Nc1ccc(F)cc1-c1ccc(Cl)cc1)c1cccc(S(=O)(=O)N2CCOCC2)c1. The Balaban J connectivity index is 1.62. The Morgan fingerprint density at radius 1 is 1.00 bits per heavy atom. The zero-order chi connectivity index (χ0) is 22.7. The Hall–Kier alpha value is -2.78. The number of benzene rings is 3. The second kappa shape index (κ2) is 9.38. The average molecular weight is 475 g/mol. The zero-order valence-corrected chi connectivity index (χ0v) is 18.5. The van der Waals surface area contributed by atoms with Crippen LogP contribution in [-0.2, 0) is 14.8 Å². The number of carbonyl (C=O) groups excluding carboxylic acids is 1. The number of sulfonamides is 1. The van der Waals surface area contributed by atoms with Crippen LogP contribution in [0, 0.1) is 5.82 Å². The molecule has 0 saturated carbocycles. The molecule has 0 radical (unpaired) electrons. The number of carbonyl (C=O) groups is 1. The molecule has 0 atom stereocenters. The first-order chi connectivity index (χ1) is 15.3. The van der Waals surface area contributed by atoms with Crippen molar-refractivity contribution in [2.24, 2.45) is 0 Å². The van der Waals surface area contributed by atoms with E-state index in [1.54, 1.807) is 24.3 Å². The summed E-state index contributed by atoms with van der Waals surface area (Å²) >= 11 is 5.94. The van der Waals surface area contributed by atoms with Gasteiger partial charge in [-0.2, -0.15) is 4.31 Å². The standard InChI is InChI=1S/C23H20ClFN2O4S/c24-18-6-4-16(5-7-18)21-15-19(25)8-9-22(21)26-23(28)17-2-1-3-20(14-17)32(29,30)27-10-12-31-13-11-27/h1-9,14-15H,10-13H2,(H,26,28). The van der Waals surface area contributed by atoms with Crippen molar-refractivity contribution in [3.63, 3.8) is 0 Å². The zero-order valence-electron chi connectivity index (χ0n) is 16.9. The molecule has 1 aliphatic rings. The van der Waals surface area contributed by atoms with E-state index < -0.39 is 21.7 Å². The van der Waals surface area contributed by atoms with Gasteiger partial charge in [-0.1, -0.05) is 29.8 Å². The predicted molar refractivity (Wildman–Crippen MR) is 121 cm³/mol. The van der Waals surface area contributed by atoms with Crippen molar-refractivity contribution in [1.82, 2.24) is 4.31 Å². The molecule has 166 valence electrons. The maximum atomic E-state index is 13.9. The van der Waals surface area contributed by atoms with Crippen LogP contribution in [-0.4, -0.2) is 44.9 Å². The van der Waals surface area contributed by atoms with Crippen LogP contribution in [0.5, 0.6) is 0 Å². The van der Waals surface area contributed by atoms with Crippen molar-refractivity contribution < 1.29 is 22.3 Å². The number of hydrogen-bond donors (Lipinski definition) is 1. The van der Waals surface area contributed by atoms with Gasteiger partial charge in [-0.3, -0.25) is 4.79 Å². The lowest BCUT2D eigenvalue weighted by Crippen LogP contribution is -2.40. The minimum absolute atomic E-state index is 0.0316. The fraction of sp³-hybridized carbons (Fsp3) is 0.174. The van der Waals surface area contributed by atoms with E-state index in [1.807, 2.05) is 0 Å². The van der Waals surface area contributed by atoms with E-state index in [0.29, 0.717) is 35.1 Å². The van der Waals surface area contributed by atoms with Gasteiger partial charge in [-0.15, -0.1) is 0 Å². The molecule has 1 aliphatic heterocycles. The van der Waals surface area contributed by atoms with Gasteiger partial charge in [0.15, 0.2) is 0 Å². The Labute approximate surface area is 190 Å². The summed E-state index contributed by atoms with van der Waals surface area (Å²) in [5, 5.41) is 3.29. The first-order valence-corrected chi connectivity index (χ1v) is 11.7. The molecule has 3 aromatic carbocycles. The smallest absolute Gasteiger partial charge is 0.255 e. The van der Waals surface area contributed by atoms with Crippen molar-refractivity contribution in [3.05, 3.63) is 83.1 Å². The number of hydrogen-bond acceptors (Lipinski definition) is 4. The molecule has 0 bridgehead atoms. The van der Waals surface area contributed by atoms with Crippen molar-refractivity contribution in [3.8, 4) is 11.1 Å². The van der Waals surface area contributed by atoms with Crippen LogP contribution in [0.2, 0.25) is 5.02 Å². The van der Waals surface area contributed by atoms with Crippen LogP contribution >= 0.6 is 11.6 Å². The third-order valence-corrected chi connectivity index (χ3v) is 7.24. The molecule has 9 heteroatoms. The summed E-state index contributed by atoms with van der Waals surface area (Å²) in [5.74, 6) is -0.961. The second-order valence-electron chi connectivity index (χ2n) is 7.20. The van der Waals surface area contributed by atoms with Crippen molar-refractivity contribution in [1.29, 1.82) is 0 Å². The fourth-order valence-electron chi connectivity index (χ4n) is 3.42. The topological polar surface area (TPSA) is 75.7 Å². The minimum Gasteiger partial charge on any atom is -0.379 e. The van der Waals surface area contributed by atoms with Gasteiger partial charge in [0.2, 0.25) is 10.0 Å². The minimum atomic E-state index is -3.74. The first-order valence-electron chi connectivity index (χ1n) is 9.89. The normalized spacial score (nSPS) is 14.8. The van der Waals surface area contributed by atoms with E-state index in [2.05, 4.69) is 5.32 Å². The van der Waals surface area contributed by atoms with Gasteiger partial charge in [0.25, 0.3) is 5.91 Å². The maximum absolute atomic E-state index is 13.9. The second-order valence-corrected chi connectivity index (χ2v) is 9.57. The number of anilines is 1. The molecule has 1 fully saturated rings. The number of amides is 1. The molecule has 0 aliphatic carbocycles. The lowest BCUT2D eigenvalue weighted by molar-refractivity contribution is 0.0730. The summed E-state index contributed by atoms with van der Waals surface area (Å²) in [5.41, 5.74) is 1.71. The Morgan fingerprint density at radius 2 is 1.72 bits per heavy atom. The highest BCUT2D eigenvalue weighted by Crippen LogP contribution is 2.30. The molecule has 1 N–H and O–H groups in total.